The lowest BCUT2D eigenvalue weighted by Gasteiger charge is -2.22. The number of carboxylic acids is 1. The van der Waals surface area contributed by atoms with E-state index in [1.54, 1.807) is 71.9 Å². The zero-order valence-corrected chi connectivity index (χ0v) is 20.4. The number of ether oxygens (including phenoxy) is 2. The van der Waals surface area contributed by atoms with Gasteiger partial charge in [-0.1, -0.05) is 18.2 Å². The lowest BCUT2D eigenvalue weighted by molar-refractivity contribution is -0.139. The van der Waals surface area contributed by atoms with Gasteiger partial charge in [-0.3, -0.25) is 20.4 Å². The normalized spacial score (nSPS) is 12.1. The molecule has 11 heteroatoms. The van der Waals surface area contributed by atoms with Crippen LogP contribution in [0.15, 0.2) is 35.3 Å². The van der Waals surface area contributed by atoms with Gasteiger partial charge in [0.15, 0.2) is 0 Å². The Morgan fingerprint density at radius 2 is 1.41 bits per heavy atom. The van der Waals surface area contributed by atoms with Crippen molar-refractivity contribution in [2.45, 2.75) is 71.6 Å². The molecule has 0 fully saturated rings. The van der Waals surface area contributed by atoms with E-state index in [1.807, 2.05) is 0 Å². The van der Waals surface area contributed by atoms with Crippen LogP contribution in [0.3, 0.4) is 0 Å². The average molecular weight is 479 g/mol. The predicted octanol–water partition coefficient (Wildman–Crippen LogP) is 3.06. The number of carbonyl (C=O) groups excluding carboxylic acids is 3. The number of carboxylic acid groups (broad SMARTS) is 1. The Morgan fingerprint density at radius 1 is 0.912 bits per heavy atom. The van der Waals surface area contributed by atoms with Crippen molar-refractivity contribution in [3.05, 3.63) is 35.9 Å². The molecule has 0 heterocycles. The van der Waals surface area contributed by atoms with Crippen LogP contribution in [-0.2, 0) is 14.3 Å². The maximum atomic E-state index is 12.2. The fourth-order valence-corrected chi connectivity index (χ4v) is 2.49. The number of rotatable bonds is 7. The summed E-state index contributed by atoms with van der Waals surface area (Å²) in [6, 6.07) is 7.12. The van der Waals surface area contributed by atoms with Crippen LogP contribution in [0.1, 0.15) is 64.7 Å². The Labute approximate surface area is 199 Å². The van der Waals surface area contributed by atoms with Gasteiger partial charge in [0.2, 0.25) is 5.96 Å². The third-order valence-electron chi connectivity index (χ3n) is 3.80. The molecule has 188 valence electrons. The van der Waals surface area contributed by atoms with Crippen LogP contribution in [0, 0.1) is 0 Å². The highest BCUT2D eigenvalue weighted by atomic mass is 16.6. The number of guanidine groups is 1. The molecule has 0 aliphatic carbocycles. The summed E-state index contributed by atoms with van der Waals surface area (Å²) in [7, 11) is 0. The summed E-state index contributed by atoms with van der Waals surface area (Å²) in [6.07, 6.45) is -1.35. The quantitative estimate of drug-likeness (QED) is 0.267. The maximum absolute atomic E-state index is 12.2. The smallest absolute Gasteiger partial charge is 0.414 e. The Kier molecular flexibility index (Phi) is 10.5. The molecule has 0 aromatic heterocycles. The molecule has 1 rings (SSSR count). The first-order chi connectivity index (χ1) is 15.7. The number of alkyl carbamates (subject to hydrolysis) is 2. The third-order valence-corrected chi connectivity index (χ3v) is 3.80. The molecule has 4 N–H and O–H groups in total. The molecule has 1 aromatic carbocycles. The standard InChI is InChI=1S/C23H34N4O7/c1-22(2,3)33-20(31)26-19(27-21(32)34-23(4,5)6)24-14-10-13-16(18(29)30)25-17(28)15-11-8-7-9-12-15/h7-9,11-12,16H,10,13-14H2,1-6H3,(H,25,28)(H,29,30)(H2,24,26,27,31,32)/t16-/m0/s1. The van der Waals surface area contributed by atoms with Crippen molar-refractivity contribution in [1.82, 2.24) is 16.0 Å². The second-order valence-electron chi connectivity index (χ2n) is 9.36. The molecule has 34 heavy (non-hydrogen) atoms. The fraction of sp³-hybridized carbons (Fsp3) is 0.522. The first kappa shape index (κ1) is 28.4. The molecular formula is C23H34N4O7. The van der Waals surface area contributed by atoms with E-state index < -0.39 is 41.3 Å². The van der Waals surface area contributed by atoms with Crippen molar-refractivity contribution in [2.75, 3.05) is 6.54 Å². The lowest BCUT2D eigenvalue weighted by atomic mass is 10.1. The largest absolute Gasteiger partial charge is 0.480 e. The molecule has 0 spiro atoms. The van der Waals surface area contributed by atoms with Gasteiger partial charge < -0.3 is 19.9 Å². The van der Waals surface area contributed by atoms with E-state index in [4.69, 9.17) is 9.47 Å². The van der Waals surface area contributed by atoms with E-state index in [2.05, 4.69) is 20.9 Å². The number of nitrogens with zero attached hydrogens (tertiary/aromatic N) is 1. The number of hydrogen-bond acceptors (Lipinski definition) is 7. The van der Waals surface area contributed by atoms with Crippen molar-refractivity contribution in [3.63, 3.8) is 0 Å². The molecule has 11 nitrogen and oxygen atoms in total. The number of benzene rings is 1. The molecule has 0 saturated carbocycles. The summed E-state index contributed by atoms with van der Waals surface area (Å²) in [6.45, 7) is 10.1. The summed E-state index contributed by atoms with van der Waals surface area (Å²) >= 11 is 0. The van der Waals surface area contributed by atoms with Crippen LogP contribution in [0.5, 0.6) is 0 Å². The zero-order valence-electron chi connectivity index (χ0n) is 20.4. The van der Waals surface area contributed by atoms with Crippen molar-refractivity contribution >= 4 is 30.0 Å². The average Bonchev–Trinajstić information content (AvgIpc) is 2.67. The molecule has 0 radical (unpaired) electrons. The topological polar surface area (TPSA) is 155 Å². The maximum Gasteiger partial charge on any atom is 0.414 e. The number of aliphatic imine (C=N–C) groups is 1. The van der Waals surface area contributed by atoms with Gasteiger partial charge in [0.1, 0.15) is 17.2 Å². The second kappa shape index (κ2) is 12.6. The summed E-state index contributed by atoms with van der Waals surface area (Å²) in [5, 5.41) is 16.6. The van der Waals surface area contributed by atoms with Gasteiger partial charge in [-0.2, -0.15) is 0 Å². The van der Waals surface area contributed by atoms with Gasteiger partial charge >= 0.3 is 18.2 Å². The lowest BCUT2D eigenvalue weighted by Crippen LogP contribution is -2.47. The minimum Gasteiger partial charge on any atom is -0.480 e. The van der Waals surface area contributed by atoms with Crippen LogP contribution in [0.2, 0.25) is 0 Å². The van der Waals surface area contributed by atoms with E-state index in [-0.39, 0.29) is 25.3 Å². The Balaban J connectivity index is 2.77. The van der Waals surface area contributed by atoms with E-state index in [0.29, 0.717) is 5.56 Å². The van der Waals surface area contributed by atoms with E-state index in [0.717, 1.165) is 0 Å². The van der Waals surface area contributed by atoms with Crippen LogP contribution >= 0.6 is 0 Å². The van der Waals surface area contributed by atoms with E-state index in [1.165, 1.54) is 0 Å². The third kappa shape index (κ3) is 12.4. The van der Waals surface area contributed by atoms with E-state index >= 15 is 0 Å². The highest BCUT2D eigenvalue weighted by Crippen LogP contribution is 2.08. The van der Waals surface area contributed by atoms with Crippen molar-refractivity contribution < 1.29 is 33.8 Å². The minimum atomic E-state index is -1.19. The first-order valence-corrected chi connectivity index (χ1v) is 10.8. The highest BCUT2D eigenvalue weighted by Gasteiger charge is 2.22. The molecule has 1 aromatic rings. The molecule has 0 bridgehead atoms. The number of carbonyl (C=O) groups is 4. The monoisotopic (exact) mass is 478 g/mol. The van der Waals surface area contributed by atoms with Crippen molar-refractivity contribution in [1.29, 1.82) is 0 Å². The summed E-state index contributed by atoms with van der Waals surface area (Å²) in [4.78, 5) is 52.1. The van der Waals surface area contributed by atoms with E-state index in [9.17, 15) is 24.3 Å². The number of amides is 3. The Morgan fingerprint density at radius 3 is 1.85 bits per heavy atom. The number of hydrogen-bond donors (Lipinski definition) is 4. The molecule has 0 aliphatic rings. The molecule has 0 saturated heterocycles. The van der Waals surface area contributed by atoms with Gasteiger partial charge in [0, 0.05) is 12.1 Å². The van der Waals surface area contributed by atoms with Gasteiger partial charge in [0.05, 0.1) is 0 Å². The van der Waals surface area contributed by atoms with Crippen LogP contribution in [-0.4, -0.2) is 58.9 Å². The molecule has 1 atom stereocenters. The molecule has 0 unspecified atom stereocenters. The van der Waals surface area contributed by atoms with Gasteiger partial charge in [0.25, 0.3) is 5.91 Å². The predicted molar refractivity (Wildman–Crippen MR) is 126 cm³/mol. The summed E-state index contributed by atoms with van der Waals surface area (Å²) in [5.41, 5.74) is -1.20. The zero-order chi connectivity index (χ0) is 25.9. The number of aliphatic carboxylic acids is 1. The molecule has 3 amide bonds. The van der Waals surface area contributed by atoms with Crippen molar-refractivity contribution in [3.8, 4) is 0 Å². The summed E-state index contributed by atoms with van der Waals surface area (Å²) in [5.74, 6) is -1.90. The van der Waals surface area contributed by atoms with Crippen molar-refractivity contribution in [2.24, 2.45) is 4.99 Å². The second-order valence-corrected chi connectivity index (χ2v) is 9.36. The summed E-state index contributed by atoms with van der Waals surface area (Å²) < 4.78 is 10.3. The van der Waals surface area contributed by atoms with Crippen LogP contribution in [0.4, 0.5) is 9.59 Å². The fourth-order valence-electron chi connectivity index (χ4n) is 2.49. The van der Waals surface area contributed by atoms with Crippen LogP contribution in [0.25, 0.3) is 0 Å². The Hall–Kier alpha value is -3.63. The Bertz CT molecular complexity index is 855. The highest BCUT2D eigenvalue weighted by molar-refractivity contribution is 6.01. The van der Waals surface area contributed by atoms with Crippen LogP contribution < -0.4 is 16.0 Å². The van der Waals surface area contributed by atoms with Gasteiger partial charge in [-0.15, -0.1) is 0 Å². The van der Waals surface area contributed by atoms with Gasteiger partial charge in [-0.05, 0) is 66.5 Å². The SMILES string of the molecule is CC(C)(C)OC(=O)NC(=NCCC[C@H](NC(=O)c1ccccc1)C(=O)O)NC(=O)OC(C)(C)C. The minimum absolute atomic E-state index is 0.0475. The number of nitrogens with one attached hydrogen (secondary N) is 3. The molecular weight excluding hydrogens is 444 g/mol. The van der Waals surface area contributed by atoms with Gasteiger partial charge in [-0.25, -0.2) is 14.4 Å². The molecule has 0 aliphatic heterocycles. The first-order valence-electron chi connectivity index (χ1n) is 10.8.